The van der Waals surface area contributed by atoms with Crippen molar-refractivity contribution in [1.29, 1.82) is 0 Å². The van der Waals surface area contributed by atoms with Gasteiger partial charge in [-0.2, -0.15) is 0 Å². The molecule has 12 heteroatoms. The molecule has 0 spiro atoms. The molecule has 10 nitrogen and oxygen atoms in total. The highest BCUT2D eigenvalue weighted by Crippen LogP contribution is 2.46. The summed E-state index contributed by atoms with van der Waals surface area (Å²) in [6.07, 6.45) is 4.86. The smallest absolute Gasteiger partial charge is 0.301 e. The number of benzene rings is 3. The van der Waals surface area contributed by atoms with Crippen molar-refractivity contribution in [2.75, 3.05) is 18.6 Å². The van der Waals surface area contributed by atoms with Crippen LogP contribution in [-0.2, 0) is 15.3 Å². The summed E-state index contributed by atoms with van der Waals surface area (Å²) in [5.74, 6) is -0.400. The lowest BCUT2D eigenvalue weighted by Gasteiger charge is -2.23. The number of methoxy groups -OCH3 is 1. The molecule has 4 heterocycles. The van der Waals surface area contributed by atoms with Crippen molar-refractivity contribution in [3.05, 3.63) is 113 Å². The molecular weight excluding hydrogens is 683 g/mol. The van der Waals surface area contributed by atoms with E-state index in [1.807, 2.05) is 54.8 Å². The van der Waals surface area contributed by atoms with E-state index in [0.717, 1.165) is 41.2 Å². The van der Waals surface area contributed by atoms with Crippen LogP contribution in [0.4, 0.5) is 5.13 Å². The molecule has 0 bridgehead atoms. The predicted octanol–water partition coefficient (Wildman–Crippen LogP) is 8.45. The molecule has 7 rings (SSSR count). The Labute approximate surface area is 303 Å². The number of pyridine rings is 1. The summed E-state index contributed by atoms with van der Waals surface area (Å²) in [6.45, 7) is 6.40. The van der Waals surface area contributed by atoms with Gasteiger partial charge in [0.2, 0.25) is 5.13 Å². The average molecular weight is 720 g/mol. The largest absolute Gasteiger partial charge is 0.505 e. The number of hydrogen-bond donors (Lipinski definition) is 1. The van der Waals surface area contributed by atoms with E-state index in [9.17, 15) is 14.7 Å². The third-order valence-electron chi connectivity index (χ3n) is 9.09. The molecule has 1 N–H and O–H groups in total. The topological polar surface area (TPSA) is 119 Å². The van der Waals surface area contributed by atoms with Gasteiger partial charge in [-0.1, -0.05) is 97.5 Å². The molecule has 1 saturated heterocycles. The molecule has 1 aliphatic heterocycles. The number of aromatic nitrogens is 4. The maximum atomic E-state index is 14.0. The number of hydrogen-bond acceptors (Lipinski definition) is 10. The first kappa shape index (κ1) is 34.3. The second-order valence-corrected chi connectivity index (χ2v) is 14.5. The molecule has 0 radical (unpaired) electrons. The van der Waals surface area contributed by atoms with Gasteiger partial charge in [0.1, 0.15) is 11.3 Å². The number of rotatable bonds is 12. The van der Waals surface area contributed by atoms with Crippen molar-refractivity contribution in [2.45, 2.75) is 56.2 Å². The number of carbonyl (C=O) groups excluding carboxylic acids is 2. The molecule has 260 valence electrons. The minimum Gasteiger partial charge on any atom is -0.505 e. The number of ketones is 1. The molecule has 1 aliphatic rings. The first-order valence-corrected chi connectivity index (χ1v) is 18.6. The fraction of sp³-hybridized carbons (Fsp3) is 0.256. The van der Waals surface area contributed by atoms with E-state index in [1.165, 1.54) is 28.0 Å². The highest BCUT2D eigenvalue weighted by molar-refractivity contribution is 8.00. The van der Waals surface area contributed by atoms with Crippen molar-refractivity contribution in [1.82, 2.24) is 19.6 Å². The van der Waals surface area contributed by atoms with Gasteiger partial charge in [-0.25, -0.2) is 4.98 Å². The zero-order valence-corrected chi connectivity index (χ0v) is 30.4. The number of unbranched alkanes of at least 4 members (excludes halogenated alkanes) is 2. The standard InChI is InChI=1S/C39H37N5O5S2/c1-5-6-9-20-49-29-18-17-26(21-30(29)48-4)33-31(34(45)32-24(3)43-19-11-12-23(2)36(43)40-32)35(46)37(47)44(33)38-41-42-39(51-38)50-22-27-15-10-14-25-13-7-8-16-28(25)27/h7-8,10-19,21,33,45H,5-6,9,20,22H2,1-4H3/b34-31+. The number of nitrogens with zero attached hydrogens (tertiary/aromatic N) is 5. The van der Waals surface area contributed by atoms with Crippen LogP contribution >= 0.6 is 23.1 Å². The number of amides is 1. The molecule has 0 aliphatic carbocycles. The molecule has 1 atom stereocenters. The van der Waals surface area contributed by atoms with Crippen molar-refractivity contribution in [2.24, 2.45) is 0 Å². The summed E-state index contributed by atoms with van der Waals surface area (Å²) in [5, 5.41) is 23.3. The Morgan fingerprint density at radius 2 is 1.80 bits per heavy atom. The minimum absolute atomic E-state index is 0.0945. The van der Waals surface area contributed by atoms with Gasteiger partial charge in [-0.05, 0) is 65.9 Å². The summed E-state index contributed by atoms with van der Waals surface area (Å²) < 4.78 is 14.2. The minimum atomic E-state index is -1.04. The average Bonchev–Trinajstić information content (AvgIpc) is 3.83. The second kappa shape index (κ2) is 14.6. The number of ether oxygens (including phenoxy) is 2. The SMILES string of the molecule is CCCCCOc1ccc(C2/C(=C(\O)c3nc4c(C)cccn4c3C)C(=O)C(=O)N2c2nnc(SCc3cccc4ccccc34)s2)cc1OC. The first-order valence-electron chi connectivity index (χ1n) is 16.8. The van der Waals surface area contributed by atoms with Crippen LogP contribution in [0.1, 0.15) is 60.3 Å². The Morgan fingerprint density at radius 3 is 2.61 bits per heavy atom. The number of carbonyl (C=O) groups is 2. The molecule has 1 unspecified atom stereocenters. The van der Waals surface area contributed by atoms with E-state index in [4.69, 9.17) is 14.5 Å². The predicted molar refractivity (Wildman–Crippen MR) is 201 cm³/mol. The van der Waals surface area contributed by atoms with E-state index in [1.54, 1.807) is 25.3 Å². The van der Waals surface area contributed by atoms with E-state index in [2.05, 4.69) is 41.4 Å². The third-order valence-corrected chi connectivity index (χ3v) is 11.2. The van der Waals surface area contributed by atoms with Gasteiger partial charge in [0.15, 0.2) is 21.6 Å². The monoisotopic (exact) mass is 719 g/mol. The molecular formula is C39H37N5O5S2. The van der Waals surface area contributed by atoms with E-state index >= 15 is 0 Å². The van der Waals surface area contributed by atoms with Crippen LogP contribution in [0, 0.1) is 13.8 Å². The van der Waals surface area contributed by atoms with E-state index < -0.39 is 17.7 Å². The van der Waals surface area contributed by atoms with Gasteiger partial charge >= 0.3 is 5.91 Å². The van der Waals surface area contributed by atoms with Crippen LogP contribution in [0.15, 0.2) is 88.9 Å². The van der Waals surface area contributed by atoms with Gasteiger partial charge in [-0.3, -0.25) is 14.5 Å². The number of anilines is 1. The zero-order chi connectivity index (χ0) is 35.6. The van der Waals surface area contributed by atoms with Crippen LogP contribution in [0.5, 0.6) is 11.5 Å². The normalized spacial score (nSPS) is 15.7. The lowest BCUT2D eigenvalue weighted by atomic mass is 9.96. The van der Waals surface area contributed by atoms with Gasteiger partial charge in [0, 0.05) is 11.9 Å². The Balaban J connectivity index is 1.29. The molecule has 6 aromatic rings. The van der Waals surface area contributed by atoms with Gasteiger partial charge in [0.05, 0.1) is 31.0 Å². The molecule has 3 aromatic carbocycles. The van der Waals surface area contributed by atoms with Crippen molar-refractivity contribution in [3.8, 4) is 11.5 Å². The van der Waals surface area contributed by atoms with Crippen molar-refractivity contribution >= 4 is 62.1 Å². The molecule has 3 aromatic heterocycles. The Morgan fingerprint density at radius 1 is 0.980 bits per heavy atom. The third kappa shape index (κ3) is 6.45. The number of thioether (sulfide) groups is 1. The number of aryl methyl sites for hydroxylation is 2. The number of fused-ring (bicyclic) bond motifs is 2. The van der Waals surface area contributed by atoms with Gasteiger partial charge in [-0.15, -0.1) is 10.2 Å². The van der Waals surface area contributed by atoms with Crippen LogP contribution in [0.25, 0.3) is 22.2 Å². The molecule has 0 saturated carbocycles. The van der Waals surface area contributed by atoms with Crippen molar-refractivity contribution in [3.63, 3.8) is 0 Å². The summed E-state index contributed by atoms with van der Waals surface area (Å²) in [4.78, 5) is 34.0. The van der Waals surface area contributed by atoms with Crippen LogP contribution in [0.3, 0.4) is 0 Å². The number of imidazole rings is 1. The Bertz CT molecular complexity index is 2310. The number of aliphatic hydroxyl groups excluding tert-OH is 1. The highest BCUT2D eigenvalue weighted by Gasteiger charge is 2.49. The molecule has 1 fully saturated rings. The molecule has 1 amide bonds. The second-order valence-electron chi connectivity index (χ2n) is 12.3. The highest BCUT2D eigenvalue weighted by atomic mass is 32.2. The summed E-state index contributed by atoms with van der Waals surface area (Å²) in [5.41, 5.74) is 3.99. The van der Waals surface area contributed by atoms with Gasteiger partial charge in [0.25, 0.3) is 5.78 Å². The fourth-order valence-corrected chi connectivity index (χ4v) is 8.31. The zero-order valence-electron chi connectivity index (χ0n) is 28.8. The van der Waals surface area contributed by atoms with Crippen molar-refractivity contribution < 1.29 is 24.2 Å². The van der Waals surface area contributed by atoms with E-state index in [-0.39, 0.29) is 22.2 Å². The maximum absolute atomic E-state index is 14.0. The summed E-state index contributed by atoms with van der Waals surface area (Å²) >= 11 is 2.73. The van der Waals surface area contributed by atoms with E-state index in [0.29, 0.717) is 45.1 Å². The summed E-state index contributed by atoms with van der Waals surface area (Å²) in [6, 6.07) is 22.5. The fourth-order valence-electron chi connectivity index (χ4n) is 6.44. The lowest BCUT2D eigenvalue weighted by molar-refractivity contribution is -0.132. The first-order chi connectivity index (χ1) is 24.8. The van der Waals surface area contributed by atoms with Crippen LogP contribution in [0.2, 0.25) is 0 Å². The lowest BCUT2D eigenvalue weighted by Crippen LogP contribution is -2.29. The maximum Gasteiger partial charge on any atom is 0.301 e. The number of Topliss-reactive ketones (excluding diaryl/α,β-unsaturated/α-hetero) is 1. The van der Waals surface area contributed by atoms with Crippen LogP contribution in [-0.4, -0.2) is 50.1 Å². The Hall–Kier alpha value is -5.20. The number of aliphatic hydroxyl groups is 1. The summed E-state index contributed by atoms with van der Waals surface area (Å²) in [7, 11) is 1.54. The Kier molecular flexibility index (Phi) is 9.79. The van der Waals surface area contributed by atoms with Gasteiger partial charge < -0.3 is 19.0 Å². The quantitative estimate of drug-likeness (QED) is 0.0332. The van der Waals surface area contributed by atoms with Crippen LogP contribution < -0.4 is 14.4 Å². The molecule has 51 heavy (non-hydrogen) atoms.